The smallest absolute Gasteiger partial charge is 0.281 e. The molecule has 1 amide bonds. The average Bonchev–Trinajstić information content (AvgIpc) is 3.58. The Bertz CT molecular complexity index is 1080. The molecule has 1 atom stereocenters. The van der Waals surface area contributed by atoms with Crippen LogP contribution in [0.5, 0.6) is 0 Å². The second kappa shape index (κ2) is 10.1. The van der Waals surface area contributed by atoms with E-state index in [4.69, 9.17) is 0 Å². The first-order valence-corrected chi connectivity index (χ1v) is 13.9. The van der Waals surface area contributed by atoms with Gasteiger partial charge in [-0.05, 0) is 56.6 Å². The number of carbonyl (C=O) groups excluding carboxylic acids is 1. The zero-order valence-electron chi connectivity index (χ0n) is 19.6. The van der Waals surface area contributed by atoms with Gasteiger partial charge < -0.3 is 4.90 Å². The third-order valence-corrected chi connectivity index (χ3v) is 9.50. The lowest BCUT2D eigenvalue weighted by molar-refractivity contribution is -0.138. The minimum Gasteiger partial charge on any atom is -0.342 e. The van der Waals surface area contributed by atoms with Crippen molar-refractivity contribution in [3.63, 3.8) is 0 Å². The molecular weight excluding hydrogens is 452 g/mol. The molecule has 0 saturated carbocycles. The molecule has 0 radical (unpaired) electrons. The van der Waals surface area contributed by atoms with Crippen LogP contribution in [0.15, 0.2) is 36.7 Å². The molecule has 0 bridgehead atoms. The number of nitrogens with zero attached hydrogens (tertiary/aromatic N) is 6. The van der Waals surface area contributed by atoms with Crippen molar-refractivity contribution in [3.05, 3.63) is 42.5 Å². The van der Waals surface area contributed by atoms with Crippen molar-refractivity contribution in [2.45, 2.75) is 44.9 Å². The van der Waals surface area contributed by atoms with E-state index in [9.17, 15) is 13.2 Å². The number of carbonyl (C=O) groups is 1. The number of para-hydroxylation sites is 1. The van der Waals surface area contributed by atoms with Gasteiger partial charge in [0.15, 0.2) is 0 Å². The number of piperidine rings is 2. The summed E-state index contributed by atoms with van der Waals surface area (Å²) in [6.45, 7) is 3.48. The Balaban J connectivity index is 1.15. The van der Waals surface area contributed by atoms with Crippen LogP contribution in [0, 0.1) is 11.8 Å². The van der Waals surface area contributed by atoms with Crippen LogP contribution in [0.2, 0.25) is 0 Å². The Morgan fingerprint density at radius 1 is 0.912 bits per heavy atom. The van der Waals surface area contributed by atoms with Gasteiger partial charge in [0.1, 0.15) is 12.2 Å². The minimum atomic E-state index is -3.44. The number of likely N-dealkylation sites (tertiary alicyclic amines) is 1. The second-order valence-corrected chi connectivity index (χ2v) is 11.7. The normalized spacial score (nSPS) is 23.4. The van der Waals surface area contributed by atoms with Crippen LogP contribution in [-0.4, -0.2) is 81.9 Å². The highest BCUT2D eigenvalue weighted by Gasteiger charge is 2.38. The van der Waals surface area contributed by atoms with Gasteiger partial charge in [-0.3, -0.25) is 9.36 Å². The summed E-state index contributed by atoms with van der Waals surface area (Å²) in [7, 11) is -3.44. The fourth-order valence-corrected chi connectivity index (χ4v) is 7.29. The van der Waals surface area contributed by atoms with Crippen LogP contribution in [0.4, 0.5) is 0 Å². The van der Waals surface area contributed by atoms with Crippen LogP contribution in [0.25, 0.3) is 5.69 Å². The standard InChI is InChI=1S/C24H34N6O3S/c31-24(21-7-6-14-29(18-21)34(32,33)28-12-4-5-13-28)27-15-10-20(11-16-27)17-23-26-25-19-30(23)22-8-2-1-3-9-22/h1-3,8-9,19-21H,4-7,10-18H2. The molecule has 0 spiro atoms. The van der Waals surface area contributed by atoms with Gasteiger partial charge in [-0.15, -0.1) is 10.2 Å². The molecule has 3 fully saturated rings. The lowest BCUT2D eigenvalue weighted by Gasteiger charge is -2.38. The zero-order valence-corrected chi connectivity index (χ0v) is 20.4. The third-order valence-electron chi connectivity index (χ3n) is 7.50. The summed E-state index contributed by atoms with van der Waals surface area (Å²) < 4.78 is 31.1. The quantitative estimate of drug-likeness (QED) is 0.624. The van der Waals surface area contributed by atoms with E-state index in [1.54, 1.807) is 14.9 Å². The summed E-state index contributed by atoms with van der Waals surface area (Å²) in [5.74, 6) is 1.29. The van der Waals surface area contributed by atoms with E-state index in [0.29, 0.717) is 32.1 Å². The predicted molar refractivity (Wildman–Crippen MR) is 128 cm³/mol. The Morgan fingerprint density at radius 2 is 1.62 bits per heavy atom. The van der Waals surface area contributed by atoms with Crippen LogP contribution in [0.1, 0.15) is 44.3 Å². The molecule has 5 rings (SSSR count). The predicted octanol–water partition coefficient (Wildman–Crippen LogP) is 2.10. The van der Waals surface area contributed by atoms with E-state index in [1.165, 1.54) is 0 Å². The number of aromatic nitrogens is 3. The van der Waals surface area contributed by atoms with E-state index >= 15 is 0 Å². The van der Waals surface area contributed by atoms with Crippen molar-refractivity contribution in [1.82, 2.24) is 28.3 Å². The summed E-state index contributed by atoms with van der Waals surface area (Å²) in [5, 5.41) is 8.46. The number of amides is 1. The Hall–Kier alpha value is -2.30. The number of hydrogen-bond donors (Lipinski definition) is 0. The SMILES string of the molecule is O=C(C1CCCN(S(=O)(=O)N2CCCC2)C1)N1CCC(Cc2nncn2-c2ccccc2)CC1. The van der Waals surface area contributed by atoms with Gasteiger partial charge in [-0.1, -0.05) is 18.2 Å². The average molecular weight is 487 g/mol. The van der Waals surface area contributed by atoms with Crippen molar-refractivity contribution in [2.75, 3.05) is 39.3 Å². The molecule has 4 heterocycles. The lowest BCUT2D eigenvalue weighted by Crippen LogP contribution is -2.51. The van der Waals surface area contributed by atoms with Crippen LogP contribution in [-0.2, 0) is 21.4 Å². The maximum absolute atomic E-state index is 13.3. The monoisotopic (exact) mass is 486 g/mol. The van der Waals surface area contributed by atoms with Gasteiger partial charge in [-0.25, -0.2) is 0 Å². The summed E-state index contributed by atoms with van der Waals surface area (Å²) >= 11 is 0. The zero-order chi connectivity index (χ0) is 23.5. The lowest BCUT2D eigenvalue weighted by atomic mass is 9.91. The van der Waals surface area contributed by atoms with Gasteiger partial charge >= 0.3 is 0 Å². The van der Waals surface area contributed by atoms with E-state index in [-0.39, 0.29) is 11.8 Å². The van der Waals surface area contributed by atoms with E-state index in [2.05, 4.69) is 10.2 Å². The molecule has 0 N–H and O–H groups in total. The number of benzene rings is 1. The summed E-state index contributed by atoms with van der Waals surface area (Å²) in [4.78, 5) is 15.2. The first kappa shape index (κ1) is 23.4. The van der Waals surface area contributed by atoms with E-state index < -0.39 is 10.2 Å². The molecule has 1 aromatic carbocycles. The first-order chi connectivity index (χ1) is 16.5. The van der Waals surface area contributed by atoms with Crippen molar-refractivity contribution in [3.8, 4) is 5.69 Å². The molecule has 34 heavy (non-hydrogen) atoms. The minimum absolute atomic E-state index is 0.118. The largest absolute Gasteiger partial charge is 0.342 e. The number of hydrogen-bond acceptors (Lipinski definition) is 5. The maximum atomic E-state index is 13.3. The Morgan fingerprint density at radius 3 is 2.35 bits per heavy atom. The highest BCUT2D eigenvalue weighted by Crippen LogP contribution is 2.28. The van der Waals surface area contributed by atoms with Gasteiger partial charge in [0.2, 0.25) is 5.91 Å². The van der Waals surface area contributed by atoms with Gasteiger partial charge in [-0.2, -0.15) is 17.0 Å². The van der Waals surface area contributed by atoms with E-state index in [1.807, 2.05) is 39.8 Å². The fraction of sp³-hybridized carbons (Fsp3) is 0.625. The molecule has 1 unspecified atom stereocenters. The molecule has 3 aliphatic rings. The molecule has 3 saturated heterocycles. The Kier molecular flexibility index (Phi) is 6.99. The maximum Gasteiger partial charge on any atom is 0.281 e. The van der Waals surface area contributed by atoms with Crippen molar-refractivity contribution in [1.29, 1.82) is 0 Å². The van der Waals surface area contributed by atoms with Gasteiger partial charge in [0.05, 0.1) is 5.92 Å². The van der Waals surface area contributed by atoms with Crippen LogP contribution in [0.3, 0.4) is 0 Å². The van der Waals surface area contributed by atoms with Crippen LogP contribution >= 0.6 is 0 Å². The second-order valence-electron chi connectivity index (χ2n) is 9.74. The highest BCUT2D eigenvalue weighted by molar-refractivity contribution is 7.86. The highest BCUT2D eigenvalue weighted by atomic mass is 32.2. The third kappa shape index (κ3) is 4.89. The summed E-state index contributed by atoms with van der Waals surface area (Å²) in [6, 6.07) is 10.1. The summed E-state index contributed by atoms with van der Waals surface area (Å²) in [6.07, 6.45) is 7.81. The van der Waals surface area contributed by atoms with Crippen LogP contribution < -0.4 is 0 Å². The number of rotatable bonds is 6. The molecule has 9 nitrogen and oxygen atoms in total. The van der Waals surface area contributed by atoms with Gasteiger partial charge in [0, 0.05) is 51.4 Å². The molecule has 10 heteroatoms. The van der Waals surface area contributed by atoms with Crippen molar-refractivity contribution < 1.29 is 13.2 Å². The summed E-state index contributed by atoms with van der Waals surface area (Å²) in [5.41, 5.74) is 1.06. The van der Waals surface area contributed by atoms with E-state index in [0.717, 1.165) is 69.5 Å². The van der Waals surface area contributed by atoms with Crippen molar-refractivity contribution in [2.24, 2.45) is 11.8 Å². The fourth-order valence-electron chi connectivity index (χ4n) is 5.51. The molecule has 3 aliphatic heterocycles. The first-order valence-electron chi connectivity index (χ1n) is 12.5. The molecule has 2 aromatic rings. The van der Waals surface area contributed by atoms with Gasteiger partial charge in [0.25, 0.3) is 10.2 Å². The topological polar surface area (TPSA) is 91.6 Å². The Labute approximate surface area is 201 Å². The van der Waals surface area contributed by atoms with Crippen molar-refractivity contribution >= 4 is 16.1 Å². The molecular formula is C24H34N6O3S. The molecule has 184 valence electrons. The molecule has 0 aliphatic carbocycles. The molecule has 1 aromatic heterocycles.